The Morgan fingerprint density at radius 3 is 2.48 bits per heavy atom. The molecule has 3 aromatic carbocycles. The second kappa shape index (κ2) is 6.96. The fraction of sp³-hybridized carbons (Fsp3) is 0.0909. The topological polar surface area (TPSA) is 70.9 Å². The molecule has 1 aliphatic heterocycles. The van der Waals surface area contributed by atoms with Gasteiger partial charge in [0, 0.05) is 16.8 Å². The van der Waals surface area contributed by atoms with Gasteiger partial charge in [-0.05, 0) is 37.3 Å². The number of anilines is 1. The first-order valence-electron chi connectivity index (χ1n) is 8.64. The van der Waals surface area contributed by atoms with Crippen LogP contribution in [0.15, 0.2) is 82.8 Å². The number of rotatable bonds is 3. The van der Waals surface area contributed by atoms with E-state index < -0.39 is 6.04 Å². The lowest BCUT2D eigenvalue weighted by Crippen LogP contribution is -2.33. The van der Waals surface area contributed by atoms with Crippen molar-refractivity contribution in [1.29, 1.82) is 0 Å². The van der Waals surface area contributed by atoms with E-state index >= 15 is 0 Å². The fourth-order valence-electron chi connectivity index (χ4n) is 3.07. The molecular formula is C22H17N3O2. The smallest absolute Gasteiger partial charge is 0.275 e. The molecule has 1 atom stereocenters. The minimum absolute atomic E-state index is 0.230. The lowest BCUT2D eigenvalue weighted by atomic mass is 10.0. The average molecular weight is 355 g/mol. The Morgan fingerprint density at radius 2 is 1.67 bits per heavy atom. The normalized spacial score (nSPS) is 15.3. The molecule has 1 unspecified atom stereocenters. The van der Waals surface area contributed by atoms with Crippen molar-refractivity contribution in [2.45, 2.75) is 13.0 Å². The first-order valence-corrected chi connectivity index (χ1v) is 8.64. The van der Waals surface area contributed by atoms with Gasteiger partial charge >= 0.3 is 0 Å². The average Bonchev–Trinajstić information content (AvgIpc) is 2.68. The summed E-state index contributed by atoms with van der Waals surface area (Å²) in [4.78, 5) is 33.9. The summed E-state index contributed by atoms with van der Waals surface area (Å²) in [5.74, 6) is -0.572. The van der Waals surface area contributed by atoms with Gasteiger partial charge in [0.25, 0.3) is 11.8 Å². The van der Waals surface area contributed by atoms with Crippen LogP contribution >= 0.6 is 0 Å². The summed E-state index contributed by atoms with van der Waals surface area (Å²) in [6, 6.07) is 21.0. The zero-order chi connectivity index (χ0) is 18.8. The molecule has 0 saturated heterocycles. The molecule has 27 heavy (non-hydrogen) atoms. The Labute approximate surface area is 156 Å². The van der Waals surface area contributed by atoms with E-state index in [0.717, 1.165) is 5.56 Å². The highest BCUT2D eigenvalue weighted by Gasteiger charge is 2.25. The van der Waals surface area contributed by atoms with Crippen molar-refractivity contribution >= 4 is 17.5 Å². The van der Waals surface area contributed by atoms with Crippen LogP contribution < -0.4 is 16.0 Å². The first-order chi connectivity index (χ1) is 13.1. The summed E-state index contributed by atoms with van der Waals surface area (Å²) in [6.07, 6.45) is 0. The molecule has 0 radical (unpaired) electrons. The number of hydrogen-bond acceptors (Lipinski definition) is 3. The van der Waals surface area contributed by atoms with E-state index in [1.165, 1.54) is 0 Å². The Morgan fingerprint density at radius 1 is 0.926 bits per heavy atom. The van der Waals surface area contributed by atoms with Gasteiger partial charge in [-0.2, -0.15) is 0 Å². The Bertz CT molecular complexity index is 1170. The molecule has 5 nitrogen and oxygen atoms in total. The van der Waals surface area contributed by atoms with Crippen molar-refractivity contribution in [2.24, 2.45) is 9.98 Å². The van der Waals surface area contributed by atoms with Gasteiger partial charge in [0.15, 0.2) is 6.04 Å². The maximum Gasteiger partial charge on any atom is 0.275 e. The molecule has 1 N–H and O–H groups in total. The number of nitrogens with one attached hydrogen (secondary N) is 1. The van der Waals surface area contributed by atoms with Crippen LogP contribution in [0.1, 0.15) is 27.5 Å². The second-order valence-electron chi connectivity index (χ2n) is 6.38. The number of amides is 2. The van der Waals surface area contributed by atoms with E-state index in [-0.39, 0.29) is 11.8 Å². The molecule has 1 heterocycles. The Kier molecular flexibility index (Phi) is 4.34. The van der Waals surface area contributed by atoms with E-state index in [0.29, 0.717) is 27.5 Å². The van der Waals surface area contributed by atoms with Crippen LogP contribution in [0.3, 0.4) is 0 Å². The summed E-state index contributed by atoms with van der Waals surface area (Å²) in [5.41, 5.74) is 2.75. The highest BCUT2D eigenvalue weighted by atomic mass is 16.2. The number of carbonyl (C=O) groups excluding carboxylic acids is 2. The molecule has 0 fully saturated rings. The number of carbonyl (C=O) groups is 2. The standard InChI is InChI=1S/C22H17N3O2/c1-14-7-6-8-15(13-14)21(26)24-17-10-3-2-9-16(17)20-22(27)25-19-12-5-4-11-18(19)23-20/h2-13,20H,1H3,(H,24,26). The Hall–Kier alpha value is -3.60. The summed E-state index contributed by atoms with van der Waals surface area (Å²) in [7, 11) is 0. The number of nitrogens with zero attached hydrogens (tertiary/aromatic N) is 2. The molecule has 5 heteroatoms. The van der Waals surface area contributed by atoms with Gasteiger partial charge in [-0.1, -0.05) is 48.0 Å². The SMILES string of the molecule is Cc1cccc(C(=O)Nc2ccccc2C2N=c3ccccc3=NC2=O)c1. The number of fused-ring (bicyclic) bond motifs is 1. The predicted octanol–water partition coefficient (Wildman–Crippen LogP) is 2.77. The van der Waals surface area contributed by atoms with E-state index in [2.05, 4.69) is 15.3 Å². The quantitative estimate of drug-likeness (QED) is 0.785. The monoisotopic (exact) mass is 355 g/mol. The molecule has 3 aromatic rings. The van der Waals surface area contributed by atoms with E-state index in [4.69, 9.17) is 0 Å². The van der Waals surface area contributed by atoms with E-state index in [1.54, 1.807) is 24.3 Å². The van der Waals surface area contributed by atoms with Crippen LogP contribution in [-0.4, -0.2) is 11.8 Å². The van der Waals surface area contributed by atoms with Gasteiger partial charge in [-0.25, -0.2) is 4.99 Å². The van der Waals surface area contributed by atoms with Crippen LogP contribution in [0.2, 0.25) is 0 Å². The molecule has 0 spiro atoms. The maximum atomic E-state index is 12.6. The van der Waals surface area contributed by atoms with Crippen molar-refractivity contribution < 1.29 is 9.59 Å². The Balaban J connectivity index is 1.71. The molecule has 2 amide bonds. The van der Waals surface area contributed by atoms with Crippen LogP contribution in [0.5, 0.6) is 0 Å². The van der Waals surface area contributed by atoms with Gasteiger partial charge in [0.1, 0.15) is 0 Å². The molecule has 0 aliphatic carbocycles. The number of benzene rings is 3. The molecule has 0 aromatic heterocycles. The predicted molar refractivity (Wildman–Crippen MR) is 102 cm³/mol. The minimum atomic E-state index is -0.770. The molecule has 4 rings (SSSR count). The van der Waals surface area contributed by atoms with Crippen molar-refractivity contribution in [2.75, 3.05) is 5.32 Å². The molecule has 0 bridgehead atoms. The second-order valence-corrected chi connectivity index (χ2v) is 6.38. The van der Waals surface area contributed by atoms with Crippen LogP contribution in [0, 0.1) is 6.92 Å². The van der Waals surface area contributed by atoms with Gasteiger partial charge in [-0.3, -0.25) is 14.6 Å². The number of para-hydroxylation sites is 3. The first kappa shape index (κ1) is 16.8. The third-order valence-electron chi connectivity index (χ3n) is 4.40. The summed E-state index contributed by atoms with van der Waals surface area (Å²) in [6.45, 7) is 1.93. The fourth-order valence-corrected chi connectivity index (χ4v) is 3.07. The molecule has 132 valence electrons. The lowest BCUT2D eigenvalue weighted by molar-refractivity contribution is -0.119. The zero-order valence-electron chi connectivity index (χ0n) is 14.7. The highest BCUT2D eigenvalue weighted by Crippen LogP contribution is 2.27. The molecule has 1 aliphatic rings. The van der Waals surface area contributed by atoms with Crippen LogP contribution in [0.4, 0.5) is 5.69 Å². The number of aryl methyl sites for hydroxylation is 1. The van der Waals surface area contributed by atoms with Gasteiger partial charge < -0.3 is 5.32 Å². The lowest BCUT2D eigenvalue weighted by Gasteiger charge is -2.17. The summed E-state index contributed by atoms with van der Waals surface area (Å²) < 4.78 is 0. The van der Waals surface area contributed by atoms with E-state index in [1.807, 2.05) is 55.5 Å². The zero-order valence-corrected chi connectivity index (χ0v) is 14.7. The van der Waals surface area contributed by atoms with Crippen molar-refractivity contribution in [3.63, 3.8) is 0 Å². The van der Waals surface area contributed by atoms with Crippen molar-refractivity contribution in [1.82, 2.24) is 0 Å². The van der Waals surface area contributed by atoms with E-state index in [9.17, 15) is 9.59 Å². The summed E-state index contributed by atoms with van der Waals surface area (Å²) >= 11 is 0. The minimum Gasteiger partial charge on any atom is -0.322 e. The van der Waals surface area contributed by atoms with Crippen LogP contribution in [0.25, 0.3) is 0 Å². The van der Waals surface area contributed by atoms with Crippen molar-refractivity contribution in [3.05, 3.63) is 100 Å². The van der Waals surface area contributed by atoms with Gasteiger partial charge in [0.2, 0.25) is 0 Å². The van der Waals surface area contributed by atoms with Gasteiger partial charge in [-0.15, -0.1) is 0 Å². The molecule has 0 saturated carbocycles. The van der Waals surface area contributed by atoms with Gasteiger partial charge in [0.05, 0.1) is 10.7 Å². The third kappa shape index (κ3) is 3.40. The largest absolute Gasteiger partial charge is 0.322 e. The maximum absolute atomic E-state index is 12.6. The number of hydrogen-bond donors (Lipinski definition) is 1. The molecular weight excluding hydrogens is 338 g/mol. The van der Waals surface area contributed by atoms with Crippen molar-refractivity contribution in [3.8, 4) is 0 Å². The highest BCUT2D eigenvalue weighted by molar-refractivity contribution is 6.05. The van der Waals surface area contributed by atoms with Crippen LogP contribution in [-0.2, 0) is 4.79 Å². The summed E-state index contributed by atoms with van der Waals surface area (Å²) in [5, 5.41) is 4.14. The third-order valence-corrected chi connectivity index (χ3v) is 4.40.